The van der Waals surface area contributed by atoms with Gasteiger partial charge in [0.2, 0.25) is 0 Å². The van der Waals surface area contributed by atoms with E-state index in [1.165, 1.54) is 6.07 Å². The monoisotopic (exact) mass is 235 g/mol. The van der Waals surface area contributed by atoms with E-state index < -0.39 is 0 Å². The Balaban J connectivity index is 2.39. The lowest BCUT2D eigenvalue weighted by Gasteiger charge is -2.08. The van der Waals surface area contributed by atoms with Gasteiger partial charge >= 0.3 is 0 Å². The fraction of sp³-hybridized carbons (Fsp3) is 0.182. The van der Waals surface area contributed by atoms with Gasteiger partial charge in [0.15, 0.2) is 0 Å². The molecule has 2 rings (SSSR count). The standard InChI is InChI=1S/C11H10ClN3O/c1-8-14-10(12)6-11(16)15(8)7-9-2-4-13-5-3-9/h2-6H,7H2,1H3. The van der Waals surface area contributed by atoms with E-state index in [0.717, 1.165) is 5.56 Å². The molecule has 0 saturated carbocycles. The van der Waals surface area contributed by atoms with E-state index in [-0.39, 0.29) is 10.7 Å². The summed E-state index contributed by atoms with van der Waals surface area (Å²) in [7, 11) is 0. The van der Waals surface area contributed by atoms with Crippen molar-refractivity contribution in [2.45, 2.75) is 13.5 Å². The number of hydrogen-bond acceptors (Lipinski definition) is 3. The molecule has 0 unspecified atom stereocenters. The lowest BCUT2D eigenvalue weighted by Crippen LogP contribution is -2.23. The predicted octanol–water partition coefficient (Wildman–Crippen LogP) is 1.65. The van der Waals surface area contributed by atoms with Crippen LogP contribution in [0.1, 0.15) is 11.4 Å². The Bertz CT molecular complexity index is 551. The Kier molecular flexibility index (Phi) is 3.01. The maximum atomic E-state index is 11.7. The van der Waals surface area contributed by atoms with Gasteiger partial charge in [-0.05, 0) is 24.6 Å². The summed E-state index contributed by atoms with van der Waals surface area (Å²) in [5.74, 6) is 0.606. The molecule has 0 aliphatic heterocycles. The van der Waals surface area contributed by atoms with Crippen molar-refractivity contribution in [3.63, 3.8) is 0 Å². The van der Waals surface area contributed by atoms with Crippen LogP contribution in [-0.2, 0) is 6.54 Å². The number of aromatic nitrogens is 3. The Hall–Kier alpha value is -1.68. The Labute approximate surface area is 97.6 Å². The first-order valence-corrected chi connectivity index (χ1v) is 5.17. The molecule has 0 fully saturated rings. The first-order chi connectivity index (χ1) is 7.66. The number of aryl methyl sites for hydroxylation is 1. The van der Waals surface area contributed by atoms with Gasteiger partial charge in [-0.15, -0.1) is 0 Å². The molecule has 0 aliphatic carbocycles. The van der Waals surface area contributed by atoms with E-state index in [1.807, 2.05) is 12.1 Å². The first kappa shape index (κ1) is 10.8. The molecule has 0 aliphatic rings. The van der Waals surface area contributed by atoms with Gasteiger partial charge in [0, 0.05) is 18.5 Å². The summed E-state index contributed by atoms with van der Waals surface area (Å²) in [6.07, 6.45) is 3.39. The summed E-state index contributed by atoms with van der Waals surface area (Å²) < 4.78 is 1.57. The lowest BCUT2D eigenvalue weighted by atomic mass is 10.2. The van der Waals surface area contributed by atoms with E-state index in [1.54, 1.807) is 23.9 Å². The van der Waals surface area contributed by atoms with E-state index in [9.17, 15) is 4.79 Å². The molecule has 0 saturated heterocycles. The summed E-state index contributed by atoms with van der Waals surface area (Å²) in [6.45, 7) is 2.24. The second-order valence-corrected chi connectivity index (χ2v) is 3.79. The zero-order valence-electron chi connectivity index (χ0n) is 8.72. The average Bonchev–Trinajstić information content (AvgIpc) is 2.25. The average molecular weight is 236 g/mol. The summed E-state index contributed by atoms with van der Waals surface area (Å²) in [4.78, 5) is 19.7. The molecule has 0 spiro atoms. The minimum atomic E-state index is -0.144. The zero-order valence-corrected chi connectivity index (χ0v) is 9.48. The molecular weight excluding hydrogens is 226 g/mol. The number of halogens is 1. The second-order valence-electron chi connectivity index (χ2n) is 3.41. The molecule has 0 atom stereocenters. The topological polar surface area (TPSA) is 47.8 Å². The minimum Gasteiger partial charge on any atom is -0.292 e. The predicted molar refractivity (Wildman–Crippen MR) is 61.6 cm³/mol. The SMILES string of the molecule is Cc1nc(Cl)cc(=O)n1Cc1ccncc1. The van der Waals surface area contributed by atoms with Crippen molar-refractivity contribution in [2.75, 3.05) is 0 Å². The molecule has 0 N–H and O–H groups in total. The zero-order chi connectivity index (χ0) is 11.5. The van der Waals surface area contributed by atoms with Crippen LogP contribution in [0.15, 0.2) is 35.4 Å². The maximum absolute atomic E-state index is 11.7. The smallest absolute Gasteiger partial charge is 0.255 e. The summed E-state index contributed by atoms with van der Waals surface area (Å²) in [6, 6.07) is 5.04. The highest BCUT2D eigenvalue weighted by Crippen LogP contribution is 2.04. The van der Waals surface area contributed by atoms with Crippen molar-refractivity contribution >= 4 is 11.6 Å². The summed E-state index contributed by atoms with van der Waals surface area (Å²) in [5.41, 5.74) is 0.860. The van der Waals surface area contributed by atoms with Crippen LogP contribution >= 0.6 is 11.6 Å². The molecule has 82 valence electrons. The van der Waals surface area contributed by atoms with E-state index in [0.29, 0.717) is 12.4 Å². The van der Waals surface area contributed by atoms with Crippen LogP contribution in [0.5, 0.6) is 0 Å². The molecule has 0 radical (unpaired) electrons. The van der Waals surface area contributed by atoms with Crippen LogP contribution in [0.4, 0.5) is 0 Å². The molecule has 2 heterocycles. The third kappa shape index (κ3) is 2.28. The second kappa shape index (κ2) is 4.45. The van der Waals surface area contributed by atoms with Crippen LogP contribution in [0.2, 0.25) is 5.15 Å². The summed E-state index contributed by atoms with van der Waals surface area (Å²) in [5, 5.41) is 0.230. The molecule has 2 aromatic rings. The molecule has 0 aromatic carbocycles. The van der Waals surface area contributed by atoms with E-state index in [2.05, 4.69) is 9.97 Å². The van der Waals surface area contributed by atoms with Gasteiger partial charge in [-0.1, -0.05) is 11.6 Å². The normalized spacial score (nSPS) is 10.4. The van der Waals surface area contributed by atoms with Crippen LogP contribution < -0.4 is 5.56 Å². The van der Waals surface area contributed by atoms with Gasteiger partial charge in [-0.3, -0.25) is 14.3 Å². The fourth-order valence-corrected chi connectivity index (χ4v) is 1.67. The van der Waals surface area contributed by atoms with Crippen LogP contribution in [0, 0.1) is 6.92 Å². The van der Waals surface area contributed by atoms with E-state index >= 15 is 0 Å². The highest BCUT2D eigenvalue weighted by atomic mass is 35.5. The van der Waals surface area contributed by atoms with Crippen molar-refractivity contribution in [1.82, 2.24) is 14.5 Å². The molecule has 0 bridgehead atoms. The Morgan fingerprint density at radius 2 is 2.06 bits per heavy atom. The van der Waals surface area contributed by atoms with Gasteiger partial charge in [0.25, 0.3) is 5.56 Å². The molecular formula is C11H10ClN3O. The summed E-state index contributed by atoms with van der Waals surface area (Å²) >= 11 is 5.69. The maximum Gasteiger partial charge on any atom is 0.255 e. The van der Waals surface area contributed by atoms with Crippen LogP contribution in [0.3, 0.4) is 0 Å². The van der Waals surface area contributed by atoms with Gasteiger partial charge in [-0.25, -0.2) is 4.98 Å². The third-order valence-electron chi connectivity index (χ3n) is 2.26. The molecule has 2 aromatic heterocycles. The number of hydrogen-bond donors (Lipinski definition) is 0. The Morgan fingerprint density at radius 3 is 2.69 bits per heavy atom. The number of pyridine rings is 1. The van der Waals surface area contributed by atoms with E-state index in [4.69, 9.17) is 11.6 Å². The highest BCUT2D eigenvalue weighted by Gasteiger charge is 2.04. The number of nitrogens with zero attached hydrogens (tertiary/aromatic N) is 3. The number of rotatable bonds is 2. The molecule has 16 heavy (non-hydrogen) atoms. The van der Waals surface area contributed by atoms with Crippen LogP contribution in [0.25, 0.3) is 0 Å². The Morgan fingerprint density at radius 1 is 1.38 bits per heavy atom. The first-order valence-electron chi connectivity index (χ1n) is 4.80. The van der Waals surface area contributed by atoms with Gasteiger partial charge < -0.3 is 0 Å². The minimum absolute atomic E-state index is 0.144. The van der Waals surface area contributed by atoms with Crippen molar-refractivity contribution in [2.24, 2.45) is 0 Å². The fourth-order valence-electron chi connectivity index (χ4n) is 1.45. The molecule has 0 amide bonds. The van der Waals surface area contributed by atoms with Gasteiger partial charge in [0.05, 0.1) is 6.54 Å². The largest absolute Gasteiger partial charge is 0.292 e. The quantitative estimate of drug-likeness (QED) is 0.744. The highest BCUT2D eigenvalue weighted by molar-refractivity contribution is 6.29. The van der Waals surface area contributed by atoms with Crippen molar-refractivity contribution < 1.29 is 0 Å². The van der Waals surface area contributed by atoms with Crippen molar-refractivity contribution in [3.8, 4) is 0 Å². The molecule has 4 nitrogen and oxygen atoms in total. The van der Waals surface area contributed by atoms with Gasteiger partial charge in [-0.2, -0.15) is 0 Å². The van der Waals surface area contributed by atoms with Crippen LogP contribution in [-0.4, -0.2) is 14.5 Å². The van der Waals surface area contributed by atoms with Crippen molar-refractivity contribution in [3.05, 3.63) is 57.5 Å². The third-order valence-corrected chi connectivity index (χ3v) is 2.45. The van der Waals surface area contributed by atoms with Gasteiger partial charge in [0.1, 0.15) is 11.0 Å². The van der Waals surface area contributed by atoms with Crippen molar-refractivity contribution in [1.29, 1.82) is 0 Å². The molecule has 5 heteroatoms. The lowest BCUT2D eigenvalue weighted by molar-refractivity contribution is 0.699.